The molecule has 0 spiro atoms. The summed E-state index contributed by atoms with van der Waals surface area (Å²) in [6.45, 7) is 5.82. The van der Waals surface area contributed by atoms with Crippen LogP contribution >= 0.6 is 0 Å². The summed E-state index contributed by atoms with van der Waals surface area (Å²) in [6, 6.07) is 12.6. The molecule has 2 saturated heterocycles. The van der Waals surface area contributed by atoms with Gasteiger partial charge in [-0.2, -0.15) is 0 Å². The Bertz CT molecular complexity index is 1080. The minimum absolute atomic E-state index is 0.0517. The number of hydrogen-bond acceptors (Lipinski definition) is 7. The van der Waals surface area contributed by atoms with Gasteiger partial charge in [-0.05, 0) is 61.4 Å². The van der Waals surface area contributed by atoms with Crippen molar-refractivity contribution in [2.75, 3.05) is 69.8 Å². The number of methoxy groups -OCH3 is 1. The fourth-order valence-electron chi connectivity index (χ4n) is 5.82. The molecule has 0 amide bonds. The number of benzene rings is 1. The van der Waals surface area contributed by atoms with Crippen molar-refractivity contribution in [3.05, 3.63) is 53.2 Å². The lowest BCUT2D eigenvalue weighted by Gasteiger charge is -2.30. The van der Waals surface area contributed by atoms with Crippen molar-refractivity contribution in [3.63, 3.8) is 0 Å². The highest BCUT2D eigenvalue weighted by molar-refractivity contribution is 5.70. The highest BCUT2D eigenvalue weighted by Crippen LogP contribution is 2.34. The number of alkyl halides is 1. The molecular weight excluding hydrogens is 471 g/mol. The van der Waals surface area contributed by atoms with E-state index in [2.05, 4.69) is 45.4 Å². The number of hydrogen-bond donors (Lipinski definition) is 1. The van der Waals surface area contributed by atoms with Crippen LogP contribution in [0.5, 0.6) is 0 Å². The molecule has 0 aliphatic carbocycles. The molecule has 0 radical (unpaired) electrons. The van der Waals surface area contributed by atoms with Crippen molar-refractivity contribution in [3.8, 4) is 0 Å². The maximum absolute atomic E-state index is 15.9. The van der Waals surface area contributed by atoms with E-state index in [9.17, 15) is 4.79 Å². The van der Waals surface area contributed by atoms with Crippen LogP contribution in [-0.2, 0) is 27.1 Å². The summed E-state index contributed by atoms with van der Waals surface area (Å²) in [6.07, 6.45) is 4.07. The Kier molecular flexibility index (Phi) is 8.25. The predicted molar refractivity (Wildman–Crippen MR) is 143 cm³/mol. The van der Waals surface area contributed by atoms with Crippen LogP contribution in [0.3, 0.4) is 0 Å². The number of morpholine rings is 1. The van der Waals surface area contributed by atoms with Gasteiger partial charge in [-0.1, -0.05) is 18.2 Å². The summed E-state index contributed by atoms with van der Waals surface area (Å²) in [5.74, 6) is 0.679. The third-order valence-corrected chi connectivity index (χ3v) is 8.00. The lowest BCUT2D eigenvalue weighted by molar-refractivity contribution is -0.141. The monoisotopic (exact) mass is 510 g/mol. The van der Waals surface area contributed by atoms with Gasteiger partial charge < -0.3 is 19.7 Å². The molecule has 2 aromatic rings. The molecule has 8 heteroatoms. The van der Waals surface area contributed by atoms with Crippen LogP contribution in [0.15, 0.2) is 36.4 Å². The number of esters is 1. The Hall–Kier alpha value is -2.71. The van der Waals surface area contributed by atoms with E-state index in [-0.39, 0.29) is 18.3 Å². The summed E-state index contributed by atoms with van der Waals surface area (Å²) in [5, 5.41) is 3.37. The topological polar surface area (TPSA) is 66.9 Å². The fraction of sp³-hybridized carbons (Fsp3) is 0.586. The molecular formula is C29H39FN4O3. The van der Waals surface area contributed by atoms with Gasteiger partial charge in [-0.15, -0.1) is 0 Å². The number of fused-ring (bicyclic) bond motifs is 1. The van der Waals surface area contributed by atoms with Crippen molar-refractivity contribution in [1.82, 2.24) is 9.88 Å². The lowest BCUT2D eigenvalue weighted by atomic mass is 9.94. The van der Waals surface area contributed by atoms with Crippen molar-refractivity contribution in [2.24, 2.45) is 0 Å². The van der Waals surface area contributed by atoms with Crippen LogP contribution in [0.2, 0.25) is 0 Å². The maximum Gasteiger partial charge on any atom is 0.306 e. The molecule has 3 aliphatic rings. The van der Waals surface area contributed by atoms with E-state index in [0.717, 1.165) is 68.5 Å². The minimum atomic E-state index is -1.24. The zero-order valence-corrected chi connectivity index (χ0v) is 21.9. The van der Waals surface area contributed by atoms with Gasteiger partial charge in [0.2, 0.25) is 0 Å². The molecule has 1 N–H and O–H groups in total. The molecule has 37 heavy (non-hydrogen) atoms. The zero-order valence-electron chi connectivity index (χ0n) is 21.9. The molecule has 3 aliphatic heterocycles. The van der Waals surface area contributed by atoms with Crippen LogP contribution in [0, 0.1) is 0 Å². The maximum atomic E-state index is 15.9. The molecule has 0 saturated carbocycles. The minimum Gasteiger partial charge on any atom is -0.469 e. The molecule has 2 fully saturated rings. The number of halogens is 1. The highest BCUT2D eigenvalue weighted by Gasteiger charge is 2.39. The number of nitrogens with one attached hydrogen (secondary N) is 1. The Morgan fingerprint density at radius 2 is 2.11 bits per heavy atom. The van der Waals surface area contributed by atoms with E-state index >= 15 is 4.39 Å². The largest absolute Gasteiger partial charge is 0.469 e. The molecule has 0 unspecified atom stereocenters. The second-order valence-electron chi connectivity index (χ2n) is 10.6. The Labute approximate surface area is 219 Å². The first-order valence-electron chi connectivity index (χ1n) is 13.6. The molecule has 200 valence electrons. The van der Waals surface area contributed by atoms with E-state index in [1.807, 2.05) is 6.07 Å². The second-order valence-corrected chi connectivity index (χ2v) is 10.6. The van der Waals surface area contributed by atoms with Gasteiger partial charge in [-0.25, -0.2) is 9.37 Å². The van der Waals surface area contributed by atoms with E-state index in [1.165, 1.54) is 12.7 Å². The summed E-state index contributed by atoms with van der Waals surface area (Å²) in [5.41, 5.74) is 3.20. The van der Waals surface area contributed by atoms with Crippen molar-refractivity contribution in [1.29, 1.82) is 0 Å². The zero-order chi connectivity index (χ0) is 25.7. The Morgan fingerprint density at radius 3 is 2.95 bits per heavy atom. The van der Waals surface area contributed by atoms with Crippen molar-refractivity contribution < 1.29 is 18.7 Å². The number of carbonyl (C=O) groups is 1. The van der Waals surface area contributed by atoms with E-state index in [0.29, 0.717) is 38.9 Å². The van der Waals surface area contributed by atoms with E-state index in [4.69, 9.17) is 14.5 Å². The van der Waals surface area contributed by atoms with Crippen LogP contribution in [0.1, 0.15) is 48.4 Å². The van der Waals surface area contributed by atoms with Gasteiger partial charge in [0.15, 0.2) is 0 Å². The molecule has 0 bridgehead atoms. The second kappa shape index (κ2) is 11.8. The standard InChI is InChI=1S/C29H39FN4O3/c1-36-27(35)19-24(23-4-2-6-26(18-23)34-14-16-37-17-15-34)20-33-13-11-29(30,21-33)10-9-25-8-7-22-5-3-12-31-28(22)32-25/h2,4,6-8,18,24H,3,5,9-17,19-21H2,1H3,(H,31,32)/t24-,29+/m1/s1. The third kappa shape index (κ3) is 6.60. The number of aromatic nitrogens is 1. The van der Waals surface area contributed by atoms with Gasteiger partial charge in [0, 0.05) is 56.6 Å². The molecule has 1 aromatic carbocycles. The van der Waals surface area contributed by atoms with Gasteiger partial charge in [0.05, 0.1) is 26.7 Å². The number of carbonyl (C=O) groups excluding carboxylic acids is 1. The number of ether oxygens (including phenoxy) is 2. The fourth-order valence-corrected chi connectivity index (χ4v) is 5.82. The summed E-state index contributed by atoms with van der Waals surface area (Å²) in [4.78, 5) is 21.5. The average Bonchev–Trinajstić information content (AvgIpc) is 3.32. The lowest BCUT2D eigenvalue weighted by Crippen LogP contribution is -2.36. The van der Waals surface area contributed by atoms with E-state index in [1.54, 1.807) is 0 Å². The summed E-state index contributed by atoms with van der Waals surface area (Å²) in [7, 11) is 1.43. The number of aryl methyl sites for hydroxylation is 2. The Morgan fingerprint density at radius 1 is 1.24 bits per heavy atom. The molecule has 7 nitrogen and oxygen atoms in total. The number of rotatable bonds is 9. The first-order valence-corrected chi connectivity index (χ1v) is 13.6. The molecule has 4 heterocycles. The Balaban J connectivity index is 1.22. The third-order valence-electron chi connectivity index (χ3n) is 8.00. The number of anilines is 2. The quantitative estimate of drug-likeness (QED) is 0.512. The SMILES string of the molecule is COC(=O)C[C@H](CN1CC[C@@](F)(CCc2ccc3c(n2)NCCC3)C1)c1cccc(N2CCOCC2)c1. The van der Waals surface area contributed by atoms with Gasteiger partial charge in [-0.3, -0.25) is 9.69 Å². The molecule has 5 rings (SSSR count). The normalized spacial score (nSPS) is 22.8. The van der Waals surface area contributed by atoms with Crippen molar-refractivity contribution in [2.45, 2.75) is 50.1 Å². The molecule has 1 aromatic heterocycles. The van der Waals surface area contributed by atoms with Crippen LogP contribution in [0.4, 0.5) is 15.9 Å². The van der Waals surface area contributed by atoms with Gasteiger partial charge in [0.25, 0.3) is 0 Å². The number of pyridine rings is 1. The van der Waals surface area contributed by atoms with E-state index < -0.39 is 5.67 Å². The smallest absolute Gasteiger partial charge is 0.306 e. The van der Waals surface area contributed by atoms with Gasteiger partial charge >= 0.3 is 5.97 Å². The predicted octanol–water partition coefficient (Wildman–Crippen LogP) is 3.97. The number of likely N-dealkylation sites (tertiary alicyclic amines) is 1. The van der Waals surface area contributed by atoms with Crippen molar-refractivity contribution >= 4 is 17.5 Å². The first-order chi connectivity index (χ1) is 18.0. The average molecular weight is 511 g/mol. The first kappa shape index (κ1) is 25.9. The van der Waals surface area contributed by atoms with Crippen LogP contribution < -0.4 is 10.2 Å². The molecule has 2 atom stereocenters. The van der Waals surface area contributed by atoms with Gasteiger partial charge in [0.1, 0.15) is 11.5 Å². The highest BCUT2D eigenvalue weighted by atomic mass is 19.1. The summed E-state index contributed by atoms with van der Waals surface area (Å²) < 4.78 is 26.4. The summed E-state index contributed by atoms with van der Waals surface area (Å²) >= 11 is 0. The van der Waals surface area contributed by atoms with Crippen LogP contribution in [-0.4, -0.2) is 81.1 Å². The van der Waals surface area contributed by atoms with Crippen LogP contribution in [0.25, 0.3) is 0 Å². The number of nitrogens with zero attached hydrogens (tertiary/aromatic N) is 3.